The molecule has 0 unspecified atom stereocenters. The second-order valence-corrected chi connectivity index (χ2v) is 6.29. The van der Waals surface area contributed by atoms with Crippen molar-refractivity contribution in [3.8, 4) is 11.8 Å². The number of rotatable bonds is 5. The molecule has 0 aliphatic rings. The fourth-order valence-corrected chi connectivity index (χ4v) is 2.67. The second-order valence-electron chi connectivity index (χ2n) is 4.64. The first-order valence-electron chi connectivity index (χ1n) is 6.28. The summed E-state index contributed by atoms with van der Waals surface area (Å²) in [7, 11) is -1.89. The lowest BCUT2D eigenvalue weighted by Gasteiger charge is -2.09. The molecule has 2 aromatic rings. The molecule has 1 aromatic carbocycles. The molecule has 0 amide bonds. The van der Waals surface area contributed by atoms with Crippen LogP contribution >= 0.6 is 0 Å². The molecule has 0 atom stereocenters. The molecule has 1 heterocycles. The fourth-order valence-electron chi connectivity index (χ4n) is 2.29. The first-order valence-corrected chi connectivity index (χ1v) is 8.10. The summed E-state index contributed by atoms with van der Waals surface area (Å²) >= 11 is 0. The van der Waals surface area contributed by atoms with Crippen LogP contribution in [0.4, 0.5) is 0 Å². The van der Waals surface area contributed by atoms with Crippen LogP contribution in [0.2, 0.25) is 0 Å². The van der Waals surface area contributed by atoms with Crippen LogP contribution in [0.15, 0.2) is 18.2 Å². The third kappa shape index (κ3) is 3.17. The Morgan fingerprint density at radius 2 is 2.10 bits per heavy atom. The molecule has 0 aliphatic heterocycles. The molecule has 0 saturated carbocycles. The van der Waals surface area contributed by atoms with Crippen molar-refractivity contribution in [1.82, 2.24) is 4.57 Å². The number of aromatic nitrogens is 1. The largest absolute Gasteiger partial charge is 0.496 e. The maximum absolute atomic E-state index is 11.0. The third-order valence-electron chi connectivity index (χ3n) is 3.25. The van der Waals surface area contributed by atoms with Crippen molar-refractivity contribution in [2.75, 3.05) is 20.0 Å². The smallest absolute Gasteiger partial charge is 0.264 e. The van der Waals surface area contributed by atoms with Gasteiger partial charge in [-0.2, -0.15) is 13.7 Å². The van der Waals surface area contributed by atoms with Gasteiger partial charge in [0.15, 0.2) is 0 Å². The lowest BCUT2D eigenvalue weighted by atomic mass is 10.1. The Labute approximate surface area is 123 Å². The lowest BCUT2D eigenvalue weighted by Crippen LogP contribution is -2.11. The van der Waals surface area contributed by atoms with Crippen LogP contribution in [0.5, 0.6) is 5.75 Å². The van der Waals surface area contributed by atoms with Gasteiger partial charge in [-0.05, 0) is 25.1 Å². The number of ether oxygens (including phenoxy) is 1. The van der Waals surface area contributed by atoms with Crippen LogP contribution < -0.4 is 4.74 Å². The average Bonchev–Trinajstić information content (AvgIpc) is 2.77. The van der Waals surface area contributed by atoms with Gasteiger partial charge in [0.2, 0.25) is 0 Å². The average molecular weight is 308 g/mol. The van der Waals surface area contributed by atoms with Crippen molar-refractivity contribution in [3.05, 3.63) is 29.5 Å². The minimum atomic E-state index is -3.49. The van der Waals surface area contributed by atoms with Crippen molar-refractivity contribution >= 4 is 21.0 Å². The van der Waals surface area contributed by atoms with Crippen LogP contribution in [0.3, 0.4) is 0 Å². The molecule has 0 bridgehead atoms. The van der Waals surface area contributed by atoms with Gasteiger partial charge in [0.25, 0.3) is 10.1 Å². The zero-order chi connectivity index (χ0) is 15.6. The van der Waals surface area contributed by atoms with Gasteiger partial charge in [0.05, 0.1) is 20.0 Å². The van der Waals surface area contributed by atoms with Crippen LogP contribution in [0, 0.1) is 18.3 Å². The standard InChI is InChI=1S/C14H16N2O4S/c1-10-12-8-11(9-15)16(6-7-20-21(3,17)18)13(12)4-5-14(10)19-2/h4-5,8H,6-7H2,1-3H3. The van der Waals surface area contributed by atoms with Crippen molar-refractivity contribution in [2.24, 2.45) is 0 Å². The number of methoxy groups -OCH3 is 1. The maximum atomic E-state index is 11.0. The predicted molar refractivity (Wildman–Crippen MR) is 78.7 cm³/mol. The van der Waals surface area contributed by atoms with E-state index >= 15 is 0 Å². The summed E-state index contributed by atoms with van der Waals surface area (Å²) in [6, 6.07) is 7.56. The van der Waals surface area contributed by atoms with Gasteiger partial charge in [-0.25, -0.2) is 0 Å². The molecule has 21 heavy (non-hydrogen) atoms. The topological polar surface area (TPSA) is 81.3 Å². The summed E-state index contributed by atoms with van der Waals surface area (Å²) < 4.78 is 33.8. The third-order valence-corrected chi connectivity index (χ3v) is 3.85. The van der Waals surface area contributed by atoms with Gasteiger partial charge in [-0.1, -0.05) is 0 Å². The number of fused-ring (bicyclic) bond motifs is 1. The highest BCUT2D eigenvalue weighted by molar-refractivity contribution is 7.85. The number of aryl methyl sites for hydroxylation is 1. The molecular formula is C14H16N2O4S. The SMILES string of the molecule is COc1ccc2c(cc(C#N)n2CCOS(C)(=O)=O)c1C. The Morgan fingerprint density at radius 1 is 1.38 bits per heavy atom. The quantitative estimate of drug-likeness (QED) is 0.787. The van der Waals surface area contributed by atoms with E-state index in [4.69, 9.17) is 8.92 Å². The molecule has 7 heteroatoms. The number of nitrogens with zero attached hydrogens (tertiary/aromatic N) is 2. The monoisotopic (exact) mass is 308 g/mol. The van der Waals surface area contributed by atoms with E-state index in [9.17, 15) is 13.7 Å². The van der Waals surface area contributed by atoms with Crippen molar-refractivity contribution in [2.45, 2.75) is 13.5 Å². The summed E-state index contributed by atoms with van der Waals surface area (Å²) in [4.78, 5) is 0. The van der Waals surface area contributed by atoms with Gasteiger partial charge >= 0.3 is 0 Å². The second kappa shape index (κ2) is 5.76. The van der Waals surface area contributed by atoms with Crippen molar-refractivity contribution in [1.29, 1.82) is 5.26 Å². The molecule has 2 rings (SSSR count). The number of benzene rings is 1. The lowest BCUT2D eigenvalue weighted by molar-refractivity contribution is 0.305. The van der Waals surface area contributed by atoms with E-state index in [1.165, 1.54) is 0 Å². The Bertz CT molecular complexity index is 816. The van der Waals surface area contributed by atoms with Crippen LogP contribution in [0.1, 0.15) is 11.3 Å². The van der Waals surface area contributed by atoms with Crippen LogP contribution in [-0.2, 0) is 20.8 Å². The van der Waals surface area contributed by atoms with Crippen molar-refractivity contribution in [3.63, 3.8) is 0 Å². The van der Waals surface area contributed by atoms with E-state index in [0.29, 0.717) is 5.69 Å². The van der Waals surface area contributed by atoms with Crippen LogP contribution in [-0.4, -0.2) is 33.0 Å². The van der Waals surface area contributed by atoms with Gasteiger partial charge in [0.1, 0.15) is 17.5 Å². The first kappa shape index (κ1) is 15.4. The number of hydrogen-bond acceptors (Lipinski definition) is 5. The first-order chi connectivity index (χ1) is 9.87. The summed E-state index contributed by atoms with van der Waals surface area (Å²) in [6.07, 6.45) is 1.00. The van der Waals surface area contributed by atoms with E-state index in [1.54, 1.807) is 17.7 Å². The Hall–Kier alpha value is -2.04. The highest BCUT2D eigenvalue weighted by Crippen LogP contribution is 2.29. The highest BCUT2D eigenvalue weighted by atomic mass is 32.2. The zero-order valence-electron chi connectivity index (χ0n) is 12.1. The van der Waals surface area contributed by atoms with E-state index in [-0.39, 0.29) is 13.2 Å². The van der Waals surface area contributed by atoms with Gasteiger partial charge in [-0.3, -0.25) is 4.18 Å². The van der Waals surface area contributed by atoms with Gasteiger partial charge < -0.3 is 9.30 Å². The van der Waals surface area contributed by atoms with E-state index in [2.05, 4.69) is 6.07 Å². The molecule has 0 N–H and O–H groups in total. The molecule has 0 fully saturated rings. The molecule has 0 saturated heterocycles. The maximum Gasteiger partial charge on any atom is 0.264 e. The van der Waals surface area contributed by atoms with Crippen molar-refractivity contribution < 1.29 is 17.3 Å². The minimum absolute atomic E-state index is 0.0115. The number of hydrogen-bond donors (Lipinski definition) is 0. The molecule has 6 nitrogen and oxygen atoms in total. The zero-order valence-corrected chi connectivity index (χ0v) is 12.9. The summed E-state index contributed by atoms with van der Waals surface area (Å²) in [6.45, 7) is 2.19. The summed E-state index contributed by atoms with van der Waals surface area (Å²) in [5, 5.41) is 10.1. The normalized spacial score (nSPS) is 11.5. The summed E-state index contributed by atoms with van der Waals surface area (Å²) in [5.74, 6) is 0.747. The molecular weight excluding hydrogens is 292 g/mol. The molecule has 0 aliphatic carbocycles. The van der Waals surface area contributed by atoms with Gasteiger partial charge in [-0.15, -0.1) is 0 Å². The van der Waals surface area contributed by atoms with E-state index in [0.717, 1.165) is 28.5 Å². The Balaban J connectivity index is 2.43. The summed E-state index contributed by atoms with van der Waals surface area (Å²) in [5.41, 5.74) is 2.25. The van der Waals surface area contributed by atoms with Gasteiger partial charge in [0, 0.05) is 23.0 Å². The minimum Gasteiger partial charge on any atom is -0.496 e. The molecule has 112 valence electrons. The van der Waals surface area contributed by atoms with E-state index < -0.39 is 10.1 Å². The Kier molecular flexibility index (Phi) is 4.21. The molecule has 0 radical (unpaired) electrons. The van der Waals surface area contributed by atoms with E-state index in [1.807, 2.05) is 19.1 Å². The highest BCUT2D eigenvalue weighted by Gasteiger charge is 2.13. The molecule has 0 spiro atoms. The predicted octanol–water partition coefficient (Wildman–Crippen LogP) is 1.81. The molecule has 1 aromatic heterocycles. The number of nitriles is 1. The van der Waals surface area contributed by atoms with Crippen LogP contribution in [0.25, 0.3) is 10.9 Å². The fraction of sp³-hybridized carbons (Fsp3) is 0.357. The Morgan fingerprint density at radius 3 is 2.67 bits per heavy atom.